The minimum atomic E-state index is -3.34. The molecular formula is C42H57ClN4O8S. The van der Waals surface area contributed by atoms with E-state index in [9.17, 15) is 22.8 Å². The summed E-state index contributed by atoms with van der Waals surface area (Å²) >= 11 is 6.50. The van der Waals surface area contributed by atoms with Gasteiger partial charge in [-0.3, -0.25) is 9.59 Å². The van der Waals surface area contributed by atoms with E-state index < -0.39 is 33.4 Å². The molecule has 0 spiro atoms. The molecule has 0 fully saturated rings. The summed E-state index contributed by atoms with van der Waals surface area (Å²) in [5.74, 6) is -1.86. The third-order valence-corrected chi connectivity index (χ3v) is 10.2. The molecule has 0 saturated heterocycles. The Bertz CT molecular complexity index is 1900. The predicted molar refractivity (Wildman–Crippen MR) is 225 cm³/mol. The lowest BCUT2D eigenvalue weighted by molar-refractivity contribution is -0.110. The molecule has 14 heteroatoms. The second-order valence-electron chi connectivity index (χ2n) is 13.5. The van der Waals surface area contributed by atoms with Crippen LogP contribution >= 0.6 is 11.6 Å². The number of methoxy groups -OCH3 is 2. The number of aliphatic imine (C=N–C) groups is 1. The van der Waals surface area contributed by atoms with Crippen molar-refractivity contribution in [2.75, 3.05) is 56.9 Å². The molecule has 56 heavy (non-hydrogen) atoms. The topological polar surface area (TPSA) is 153 Å². The Morgan fingerprint density at radius 2 is 1.46 bits per heavy atom. The number of aryl methyl sites for hydroxylation is 1. The molecule has 0 aliphatic heterocycles. The van der Waals surface area contributed by atoms with E-state index in [0.29, 0.717) is 24.3 Å². The van der Waals surface area contributed by atoms with Gasteiger partial charge >= 0.3 is 5.97 Å². The number of carbonyl (C=O) groups excluding carboxylic acids is 3. The first-order valence-corrected chi connectivity index (χ1v) is 21.5. The number of nitrogens with one attached hydrogen (secondary N) is 2. The lowest BCUT2D eigenvalue weighted by Crippen LogP contribution is -2.34. The van der Waals surface area contributed by atoms with Crippen molar-refractivity contribution in [3.05, 3.63) is 76.3 Å². The molecule has 0 atom stereocenters. The number of esters is 1. The third-order valence-electron chi connectivity index (χ3n) is 9.17. The van der Waals surface area contributed by atoms with Crippen molar-refractivity contribution in [2.45, 2.75) is 85.0 Å². The summed E-state index contributed by atoms with van der Waals surface area (Å²) < 4.78 is 42.1. The van der Waals surface area contributed by atoms with Crippen LogP contribution in [0, 0.1) is 6.92 Å². The lowest BCUT2D eigenvalue weighted by Gasteiger charge is -2.24. The van der Waals surface area contributed by atoms with Gasteiger partial charge in [0.25, 0.3) is 5.91 Å². The van der Waals surface area contributed by atoms with E-state index >= 15 is 0 Å². The maximum absolute atomic E-state index is 14.3. The second kappa shape index (κ2) is 23.6. The summed E-state index contributed by atoms with van der Waals surface area (Å²) in [5, 5.41) is 2.82. The van der Waals surface area contributed by atoms with Crippen molar-refractivity contribution in [1.29, 1.82) is 0 Å². The molecule has 0 aliphatic carbocycles. The van der Waals surface area contributed by atoms with Crippen LogP contribution < -0.4 is 24.4 Å². The number of Topliss-reactive ketones (excluding diaryl/α,β-unsaturated/α-hetero) is 1. The number of carbonyl (C=O) groups is 3. The number of amides is 1. The summed E-state index contributed by atoms with van der Waals surface area (Å²) in [5.41, 5.74) is 1.56. The zero-order valence-corrected chi connectivity index (χ0v) is 35.1. The molecule has 12 nitrogen and oxygen atoms in total. The van der Waals surface area contributed by atoms with E-state index in [4.69, 9.17) is 25.8 Å². The highest BCUT2D eigenvalue weighted by Crippen LogP contribution is 2.32. The number of anilines is 2. The van der Waals surface area contributed by atoms with Crippen LogP contribution in [0.4, 0.5) is 17.1 Å². The Hall–Kier alpha value is -4.46. The van der Waals surface area contributed by atoms with Crippen LogP contribution in [0.15, 0.2) is 59.6 Å². The highest BCUT2D eigenvalue weighted by molar-refractivity contribution is 7.88. The van der Waals surface area contributed by atoms with Crippen molar-refractivity contribution < 1.29 is 37.0 Å². The number of halogens is 1. The van der Waals surface area contributed by atoms with Gasteiger partial charge in [0, 0.05) is 25.3 Å². The Morgan fingerprint density at radius 1 is 0.839 bits per heavy atom. The van der Waals surface area contributed by atoms with Gasteiger partial charge in [-0.15, -0.1) is 0 Å². The molecule has 2 N–H and O–H groups in total. The number of likely N-dealkylation sites (N-methyl/N-ethyl adjacent to an activating group) is 1. The van der Waals surface area contributed by atoms with Gasteiger partial charge in [-0.05, 0) is 74.4 Å². The molecule has 3 rings (SSSR count). The summed E-state index contributed by atoms with van der Waals surface area (Å²) in [6.45, 7) is 7.45. The maximum Gasteiger partial charge on any atom is 0.338 e. The molecule has 3 aromatic carbocycles. The third kappa shape index (κ3) is 14.6. The van der Waals surface area contributed by atoms with Gasteiger partial charge in [0.2, 0.25) is 15.8 Å². The molecule has 0 heterocycles. The minimum absolute atomic E-state index is 0.00777. The Labute approximate surface area is 337 Å². The number of sulfonamides is 1. The van der Waals surface area contributed by atoms with Crippen molar-refractivity contribution in [1.82, 2.24) is 4.72 Å². The second-order valence-corrected chi connectivity index (χ2v) is 15.8. The molecule has 0 saturated carbocycles. The molecule has 0 aliphatic rings. The first kappa shape index (κ1) is 45.9. The molecule has 0 radical (unpaired) electrons. The van der Waals surface area contributed by atoms with Crippen LogP contribution in [0.5, 0.6) is 11.5 Å². The predicted octanol–water partition coefficient (Wildman–Crippen LogP) is 8.71. The minimum Gasteiger partial charge on any atom is -0.496 e. The largest absolute Gasteiger partial charge is 0.496 e. The van der Waals surface area contributed by atoms with E-state index in [1.165, 1.54) is 77.4 Å². The fourth-order valence-corrected chi connectivity index (χ4v) is 6.71. The smallest absolute Gasteiger partial charge is 0.338 e. The summed E-state index contributed by atoms with van der Waals surface area (Å²) in [6, 6.07) is 14.5. The first-order valence-electron chi connectivity index (χ1n) is 19.3. The molecular weight excluding hydrogens is 756 g/mol. The van der Waals surface area contributed by atoms with Crippen molar-refractivity contribution in [2.24, 2.45) is 4.99 Å². The number of ether oxygens (including phenoxy) is 3. The number of benzene rings is 3. The zero-order valence-electron chi connectivity index (χ0n) is 33.5. The van der Waals surface area contributed by atoms with Gasteiger partial charge < -0.3 is 24.4 Å². The van der Waals surface area contributed by atoms with E-state index in [0.717, 1.165) is 31.2 Å². The van der Waals surface area contributed by atoms with Gasteiger partial charge in [0.15, 0.2) is 5.71 Å². The quantitative estimate of drug-likeness (QED) is 0.0281. The molecule has 0 unspecified atom stereocenters. The Morgan fingerprint density at radius 3 is 2.04 bits per heavy atom. The normalized spacial score (nSPS) is 11.6. The number of unbranched alkanes of at least 4 members (excludes halogenated alkanes) is 9. The monoisotopic (exact) mass is 812 g/mol. The van der Waals surface area contributed by atoms with Gasteiger partial charge in [-0.2, -0.15) is 0 Å². The molecule has 0 aromatic heterocycles. The number of nitrogens with zero attached hydrogens (tertiary/aromatic N) is 2. The lowest BCUT2D eigenvalue weighted by atomic mass is 10.0. The SMILES string of the molecule is CCCCCCCCCCCCOC(=O)c1ccc(Cl)c(NC(=O)C(=Nc2ccc(N(CC)CCNS(C)(=O)=O)cc2C)C(=O)c2c(OC)cccc2OC)c1. The Kier molecular flexibility index (Phi) is 19.3. The first-order chi connectivity index (χ1) is 26.8. The van der Waals surface area contributed by atoms with Crippen LogP contribution in [0.1, 0.15) is 104 Å². The van der Waals surface area contributed by atoms with Crippen molar-refractivity contribution >= 4 is 62.1 Å². The van der Waals surface area contributed by atoms with Gasteiger partial charge in [0.1, 0.15) is 17.1 Å². The van der Waals surface area contributed by atoms with Gasteiger partial charge in [-0.1, -0.05) is 82.4 Å². The average Bonchev–Trinajstić information content (AvgIpc) is 3.17. The number of ketones is 1. The van der Waals surface area contributed by atoms with Gasteiger partial charge in [-0.25, -0.2) is 22.9 Å². The number of hydrogen-bond donors (Lipinski definition) is 2. The van der Waals surface area contributed by atoms with Crippen LogP contribution in [-0.4, -0.2) is 78.5 Å². The average molecular weight is 813 g/mol. The summed E-state index contributed by atoms with van der Waals surface area (Å²) in [6.07, 6.45) is 12.7. The Balaban J connectivity index is 1.84. The molecule has 1 amide bonds. The van der Waals surface area contributed by atoms with E-state index in [1.807, 2.05) is 17.9 Å². The van der Waals surface area contributed by atoms with Crippen LogP contribution in [0.2, 0.25) is 5.02 Å². The molecule has 0 bridgehead atoms. The highest BCUT2D eigenvalue weighted by atomic mass is 35.5. The number of rotatable bonds is 25. The molecule has 306 valence electrons. The fourth-order valence-electron chi connectivity index (χ4n) is 6.08. The van der Waals surface area contributed by atoms with Crippen LogP contribution in [0.25, 0.3) is 0 Å². The summed E-state index contributed by atoms with van der Waals surface area (Å²) in [4.78, 5) is 47.9. The van der Waals surface area contributed by atoms with E-state index in [-0.39, 0.29) is 46.5 Å². The maximum atomic E-state index is 14.3. The molecule has 3 aromatic rings. The fraction of sp³-hybridized carbons (Fsp3) is 0.476. The number of hydrogen-bond acceptors (Lipinski definition) is 10. The zero-order chi connectivity index (χ0) is 41.1. The standard InChI is InChI=1S/C42H57ClN4O8S/c1-7-9-10-11-12-13-14-15-16-17-27-55-42(50)31-21-23-33(43)35(29-31)46-41(49)39(40(48)38-36(53-4)19-18-20-37(38)54-5)45-34-24-22-32(28-30(34)3)47(8-2)26-25-44-56(6,51)52/h18-24,28-29,44H,7-17,25-27H2,1-6H3,(H,46,49). The van der Waals surface area contributed by atoms with Crippen molar-refractivity contribution in [3.8, 4) is 11.5 Å². The van der Waals surface area contributed by atoms with E-state index in [1.54, 1.807) is 37.3 Å². The van der Waals surface area contributed by atoms with Crippen LogP contribution in [0.3, 0.4) is 0 Å². The summed E-state index contributed by atoms with van der Waals surface area (Å²) in [7, 11) is -0.545. The van der Waals surface area contributed by atoms with E-state index in [2.05, 4.69) is 22.0 Å². The van der Waals surface area contributed by atoms with Crippen LogP contribution in [-0.2, 0) is 19.6 Å². The van der Waals surface area contributed by atoms with Crippen molar-refractivity contribution in [3.63, 3.8) is 0 Å². The van der Waals surface area contributed by atoms with Gasteiger partial charge in [0.05, 0.1) is 49.0 Å². The highest BCUT2D eigenvalue weighted by Gasteiger charge is 2.29.